The summed E-state index contributed by atoms with van der Waals surface area (Å²) in [6.07, 6.45) is 0. The van der Waals surface area contributed by atoms with Crippen LogP contribution in [0, 0.1) is 18.3 Å². The maximum absolute atomic E-state index is 13.2. The Morgan fingerprint density at radius 1 is 0.247 bits per heavy atom. The van der Waals surface area contributed by atoms with E-state index in [0.29, 0.717) is 5.56 Å². The van der Waals surface area contributed by atoms with Crippen LogP contribution in [0.3, 0.4) is 0 Å². The number of rotatable bonds is 4. The largest absolute Gasteiger partial charge is 0.307 e. The highest BCUT2D eigenvalue weighted by molar-refractivity contribution is 6.16. The van der Waals surface area contributed by atoms with Crippen LogP contribution >= 0.6 is 0 Å². The van der Waals surface area contributed by atoms with Gasteiger partial charge in [0.1, 0.15) is 11.6 Å². The van der Waals surface area contributed by atoms with E-state index in [9.17, 15) is 5.26 Å². The van der Waals surface area contributed by atoms with Crippen molar-refractivity contribution in [1.82, 2.24) is 18.3 Å². The summed E-state index contributed by atoms with van der Waals surface area (Å²) in [5.41, 5.74) is 21.9. The number of aryl methyl sites for hydroxylation is 1. The number of aromatic nitrogens is 4. The van der Waals surface area contributed by atoms with Crippen molar-refractivity contribution in [2.24, 2.45) is 0 Å². The summed E-state index contributed by atoms with van der Waals surface area (Å²) in [6, 6.07) is 62.3. The fourth-order valence-electron chi connectivity index (χ4n) is 14.0. The zero-order valence-corrected chi connectivity index (χ0v) is 57.2. The van der Waals surface area contributed by atoms with E-state index in [1.807, 2.05) is 0 Å². The van der Waals surface area contributed by atoms with Gasteiger partial charge in [0.15, 0.2) is 0 Å². The Kier molecular flexibility index (Phi) is 13.1. The van der Waals surface area contributed by atoms with Crippen molar-refractivity contribution >= 4 is 87.2 Å². The molecule has 0 N–H and O–H groups in total. The first-order chi connectivity index (χ1) is 41.4. The van der Waals surface area contributed by atoms with Crippen LogP contribution in [0.15, 0.2) is 152 Å². The predicted octanol–water partition coefficient (Wildman–Crippen LogP) is 23.3. The fraction of sp³-hybridized carbons (Fsp3) is 0.345. The van der Waals surface area contributed by atoms with E-state index >= 15 is 0 Å². The molecule has 13 rings (SSSR count). The summed E-state index contributed by atoms with van der Waals surface area (Å²) in [6.45, 7) is 50.7. The van der Waals surface area contributed by atoms with Gasteiger partial charge >= 0.3 is 0 Å². The van der Waals surface area contributed by atoms with Crippen molar-refractivity contribution in [3.63, 3.8) is 0 Å². The van der Waals surface area contributed by atoms with Crippen molar-refractivity contribution in [3.05, 3.63) is 202 Å². The lowest BCUT2D eigenvalue weighted by Gasteiger charge is -2.26. The molecule has 9 aromatic carbocycles. The Hall–Kier alpha value is -8.33. The number of benzene rings is 9. The van der Waals surface area contributed by atoms with E-state index in [-0.39, 0.29) is 37.9 Å². The Morgan fingerprint density at radius 2 is 0.438 bits per heavy atom. The maximum Gasteiger partial charge on any atom is 0.104 e. The molecule has 452 valence electrons. The molecule has 0 saturated carbocycles. The Labute approximate surface area is 528 Å². The zero-order valence-electron chi connectivity index (χ0n) is 57.2. The van der Waals surface area contributed by atoms with Crippen molar-refractivity contribution in [2.75, 3.05) is 0 Å². The third-order valence-electron chi connectivity index (χ3n) is 19.6. The first kappa shape index (κ1) is 59.6. The van der Waals surface area contributed by atoms with Gasteiger partial charge in [0, 0.05) is 43.1 Å². The molecule has 0 aliphatic heterocycles. The van der Waals surface area contributed by atoms with E-state index in [2.05, 4.69) is 328 Å². The zero-order chi connectivity index (χ0) is 63.9. The van der Waals surface area contributed by atoms with Crippen LogP contribution in [0.1, 0.15) is 195 Å². The number of nitriles is 1. The van der Waals surface area contributed by atoms with Gasteiger partial charge in [0.05, 0.1) is 66.9 Å². The highest BCUT2D eigenvalue weighted by Crippen LogP contribution is 2.50. The van der Waals surface area contributed by atoms with E-state index in [4.69, 9.17) is 0 Å². The van der Waals surface area contributed by atoms with Gasteiger partial charge < -0.3 is 18.3 Å². The van der Waals surface area contributed by atoms with Crippen LogP contribution in [0.25, 0.3) is 110 Å². The van der Waals surface area contributed by atoms with Crippen molar-refractivity contribution in [2.45, 2.75) is 190 Å². The summed E-state index contributed by atoms with van der Waals surface area (Å²) >= 11 is 0. The number of fused-ring (bicyclic) bond motifs is 12. The smallest absolute Gasteiger partial charge is 0.104 e. The molecule has 0 atom stereocenters. The minimum Gasteiger partial charge on any atom is -0.307 e. The standard InChI is InChI=1S/C84H91N5/c1-49-23-31-70-57(39-49)58-40-54(82(14,15)16)28-36-71(58)88(70)76-65(48-85)77(89-72-37-29-55(83(17,18)19)45-63(72)64-46-56(84(20,21)22)30-38-73(64)89)75(87-68-34-26-52(80(8,9)10)43-61(68)62-44-53(81(11,12)13)27-35-69(62)87)47-74(76)86-66-32-24-50(78(2,3)4)41-59(66)60-42-51(79(5,6)7)25-33-67(60)86/h23-47H,1-22H3. The van der Waals surface area contributed by atoms with E-state index in [0.717, 1.165) is 77.7 Å². The molecule has 4 heterocycles. The molecule has 4 aromatic heterocycles. The second-order valence-corrected chi connectivity index (χ2v) is 33.3. The summed E-state index contributed by atoms with van der Waals surface area (Å²) < 4.78 is 9.97. The van der Waals surface area contributed by atoms with Gasteiger partial charge in [-0.15, -0.1) is 0 Å². The quantitative estimate of drug-likeness (QED) is 0.173. The molecule has 0 radical (unpaired) electrons. The Morgan fingerprint density at radius 3 is 0.640 bits per heavy atom. The van der Waals surface area contributed by atoms with Gasteiger partial charge in [-0.05, 0) is 187 Å². The second-order valence-electron chi connectivity index (χ2n) is 33.3. The number of hydrogen-bond donors (Lipinski definition) is 0. The lowest BCUT2D eigenvalue weighted by atomic mass is 9.85. The van der Waals surface area contributed by atoms with Crippen LogP contribution in [-0.4, -0.2) is 18.3 Å². The van der Waals surface area contributed by atoms with Crippen molar-refractivity contribution in [3.8, 4) is 28.8 Å². The molecule has 0 fully saturated rings. The fourth-order valence-corrected chi connectivity index (χ4v) is 14.0. The molecule has 0 spiro atoms. The van der Waals surface area contributed by atoms with Crippen LogP contribution in [0.5, 0.6) is 0 Å². The Balaban J connectivity index is 1.34. The third kappa shape index (κ3) is 9.61. The molecule has 5 heteroatoms. The molecule has 13 aromatic rings. The maximum atomic E-state index is 13.2. The molecule has 0 bridgehead atoms. The first-order valence-corrected chi connectivity index (χ1v) is 32.4. The first-order valence-electron chi connectivity index (χ1n) is 32.4. The van der Waals surface area contributed by atoms with Gasteiger partial charge in [-0.3, -0.25) is 0 Å². The minimum absolute atomic E-state index is 0.106. The summed E-state index contributed by atoms with van der Waals surface area (Å²) in [5, 5.41) is 22.6. The molecular formula is C84H91N5. The molecule has 5 nitrogen and oxygen atoms in total. The summed E-state index contributed by atoms with van der Waals surface area (Å²) in [4.78, 5) is 0. The topological polar surface area (TPSA) is 43.5 Å². The monoisotopic (exact) mass is 1170 g/mol. The summed E-state index contributed by atoms with van der Waals surface area (Å²) in [5.74, 6) is 0. The van der Waals surface area contributed by atoms with Crippen molar-refractivity contribution < 1.29 is 0 Å². The number of hydrogen-bond acceptors (Lipinski definition) is 1. The average Bonchev–Trinajstić information content (AvgIpc) is 1.58. The Bertz CT molecular complexity index is 4950. The van der Waals surface area contributed by atoms with E-state index in [1.165, 1.54) is 76.8 Å². The average molecular weight is 1170 g/mol. The van der Waals surface area contributed by atoms with Gasteiger partial charge in [-0.1, -0.05) is 199 Å². The predicted molar refractivity (Wildman–Crippen MR) is 384 cm³/mol. The number of nitrogens with zero attached hydrogens (tertiary/aromatic N) is 5. The lowest BCUT2D eigenvalue weighted by molar-refractivity contribution is 0.590. The van der Waals surface area contributed by atoms with Crippen LogP contribution in [-0.2, 0) is 37.9 Å². The van der Waals surface area contributed by atoms with Gasteiger partial charge in [0.2, 0.25) is 0 Å². The highest BCUT2D eigenvalue weighted by atomic mass is 15.1. The van der Waals surface area contributed by atoms with E-state index in [1.54, 1.807) is 0 Å². The molecule has 0 unspecified atom stereocenters. The minimum atomic E-state index is -0.117. The molecular weight excluding hydrogens is 1080 g/mol. The molecule has 0 aliphatic carbocycles. The van der Waals surface area contributed by atoms with Gasteiger partial charge in [-0.25, -0.2) is 0 Å². The molecule has 0 saturated heterocycles. The highest BCUT2D eigenvalue weighted by Gasteiger charge is 2.34. The van der Waals surface area contributed by atoms with Crippen LogP contribution < -0.4 is 0 Å². The van der Waals surface area contributed by atoms with Crippen molar-refractivity contribution in [1.29, 1.82) is 5.26 Å². The van der Waals surface area contributed by atoms with Crippen LogP contribution in [0.2, 0.25) is 0 Å². The molecule has 89 heavy (non-hydrogen) atoms. The third-order valence-corrected chi connectivity index (χ3v) is 19.6. The summed E-state index contributed by atoms with van der Waals surface area (Å²) in [7, 11) is 0. The molecule has 0 amide bonds. The lowest BCUT2D eigenvalue weighted by Crippen LogP contribution is -2.15. The van der Waals surface area contributed by atoms with Gasteiger partial charge in [0.25, 0.3) is 0 Å². The SMILES string of the molecule is Cc1ccc2c(c1)c1cc(C(C)(C)C)ccc1n2-c1c(-n2c3ccc(C(C)(C)C)cc3c3cc(C(C)(C)C)ccc32)cc(-n2c3ccc(C(C)(C)C)cc3c3cc(C(C)(C)C)ccc32)c(-n2c3ccc(C(C)(C)C)cc3c3cc(C(C)(C)C)ccc32)c1C#N. The van der Waals surface area contributed by atoms with Crippen LogP contribution in [0.4, 0.5) is 0 Å². The van der Waals surface area contributed by atoms with E-state index < -0.39 is 0 Å². The second kappa shape index (κ2) is 19.6. The van der Waals surface area contributed by atoms with Gasteiger partial charge in [-0.2, -0.15) is 5.26 Å². The normalized spacial score (nSPS) is 13.5. The molecule has 0 aliphatic rings.